The van der Waals surface area contributed by atoms with Crippen molar-refractivity contribution in [1.29, 1.82) is 0 Å². The lowest BCUT2D eigenvalue weighted by molar-refractivity contribution is -0.161. The molecule has 0 bridgehead atoms. The van der Waals surface area contributed by atoms with E-state index in [0.29, 0.717) is 10.4 Å². The Balaban J connectivity index is 2.52. The molecule has 1 aromatic carbocycles. The van der Waals surface area contributed by atoms with Crippen molar-refractivity contribution in [3.8, 4) is 0 Å². The molecule has 1 atom stereocenters. The van der Waals surface area contributed by atoms with E-state index in [1.165, 1.54) is 12.1 Å². The van der Waals surface area contributed by atoms with Crippen molar-refractivity contribution in [1.82, 2.24) is 4.90 Å². The summed E-state index contributed by atoms with van der Waals surface area (Å²) >= 11 is 0. The summed E-state index contributed by atoms with van der Waals surface area (Å²) in [6.45, 7) is 22.2. The average Bonchev–Trinajstić information content (AvgIpc) is 2.91. The molecule has 40 heavy (non-hydrogen) atoms. The van der Waals surface area contributed by atoms with Gasteiger partial charge in [0.1, 0.15) is 28.7 Å². The van der Waals surface area contributed by atoms with E-state index in [1.54, 1.807) is 68.4 Å². The fourth-order valence-electron chi connectivity index (χ4n) is 3.66. The van der Waals surface area contributed by atoms with E-state index in [-0.39, 0.29) is 12.0 Å². The van der Waals surface area contributed by atoms with E-state index in [9.17, 15) is 14.4 Å². The molecule has 1 fully saturated rings. The van der Waals surface area contributed by atoms with Crippen molar-refractivity contribution in [2.24, 2.45) is 0 Å². The van der Waals surface area contributed by atoms with Gasteiger partial charge in [-0.25, -0.2) is 18.8 Å². The normalized spacial score (nSPS) is 17.7. The summed E-state index contributed by atoms with van der Waals surface area (Å²) in [6, 6.07) is 2.77. The van der Waals surface area contributed by atoms with E-state index < -0.39 is 65.1 Å². The lowest BCUT2D eigenvalue weighted by atomic mass is 9.78. The average molecular weight is 565 g/mol. The summed E-state index contributed by atoms with van der Waals surface area (Å²) in [5, 5.41) is 0. The predicted octanol–water partition coefficient (Wildman–Crippen LogP) is 5.55. The molecule has 0 spiro atoms. The second-order valence-electron chi connectivity index (χ2n) is 14.0. The number of carbonyl (C=O) groups is 3. The topological polar surface area (TPSA) is 101 Å². The lowest BCUT2D eigenvalue weighted by Gasteiger charge is -2.33. The summed E-state index contributed by atoms with van der Waals surface area (Å²) < 4.78 is 44.0. The maximum atomic E-state index is 15.5. The summed E-state index contributed by atoms with van der Waals surface area (Å²) in [6.07, 6.45) is -2.62. The van der Waals surface area contributed by atoms with Gasteiger partial charge in [0.05, 0.1) is 11.2 Å². The van der Waals surface area contributed by atoms with Crippen molar-refractivity contribution in [3.63, 3.8) is 0 Å². The molecule has 1 saturated heterocycles. The highest BCUT2D eigenvalue weighted by atomic mass is 19.1. The van der Waals surface area contributed by atoms with Crippen molar-refractivity contribution in [2.45, 2.75) is 130 Å². The fourth-order valence-corrected chi connectivity index (χ4v) is 3.66. The fraction of sp³-hybridized carbons (Fsp3) is 0.690. The molecule has 1 aliphatic heterocycles. The molecule has 0 aromatic heterocycles. The molecule has 11 heteroatoms. The van der Waals surface area contributed by atoms with E-state index >= 15 is 4.39 Å². The molecule has 224 valence electrons. The maximum Gasteiger partial charge on any atom is 0.494 e. The van der Waals surface area contributed by atoms with Gasteiger partial charge < -0.3 is 23.5 Å². The number of amides is 2. The van der Waals surface area contributed by atoms with Gasteiger partial charge in [-0.3, -0.25) is 0 Å². The first-order valence-electron chi connectivity index (χ1n) is 13.4. The van der Waals surface area contributed by atoms with Gasteiger partial charge in [-0.15, -0.1) is 0 Å². The molecule has 2 rings (SSSR count). The van der Waals surface area contributed by atoms with E-state index in [2.05, 4.69) is 0 Å². The van der Waals surface area contributed by atoms with E-state index in [4.69, 9.17) is 23.5 Å². The molecule has 1 heterocycles. The van der Waals surface area contributed by atoms with Gasteiger partial charge in [-0.2, -0.15) is 4.90 Å². The van der Waals surface area contributed by atoms with Crippen LogP contribution in [0.5, 0.6) is 0 Å². The second kappa shape index (κ2) is 11.3. The monoisotopic (exact) mass is 565 g/mol. The van der Waals surface area contributed by atoms with Crippen LogP contribution in [0.1, 0.15) is 95.6 Å². The minimum Gasteiger partial charge on any atom is -0.458 e. The molecular weight excluding hydrogens is 520 g/mol. The van der Waals surface area contributed by atoms with Gasteiger partial charge in [-0.1, -0.05) is 12.1 Å². The highest BCUT2D eigenvalue weighted by molar-refractivity contribution is 6.62. The number of hydrogen-bond donors (Lipinski definition) is 0. The van der Waals surface area contributed by atoms with Gasteiger partial charge in [-0.05, 0) is 107 Å². The Morgan fingerprint density at radius 2 is 1.25 bits per heavy atom. The van der Waals surface area contributed by atoms with Crippen LogP contribution in [0.15, 0.2) is 18.2 Å². The number of imide groups is 1. The van der Waals surface area contributed by atoms with Crippen LogP contribution in [0.25, 0.3) is 0 Å². The van der Waals surface area contributed by atoms with Crippen LogP contribution in [0, 0.1) is 5.82 Å². The first-order chi connectivity index (χ1) is 17.8. The van der Waals surface area contributed by atoms with Gasteiger partial charge in [0.15, 0.2) is 0 Å². The molecule has 2 amide bonds. The minimum absolute atomic E-state index is 0.0632. The van der Waals surface area contributed by atoms with Crippen LogP contribution >= 0.6 is 0 Å². The van der Waals surface area contributed by atoms with Crippen LogP contribution in [-0.4, -0.2) is 64.2 Å². The Morgan fingerprint density at radius 1 is 0.825 bits per heavy atom. The summed E-state index contributed by atoms with van der Waals surface area (Å²) in [7, 11) is -0.796. The number of carbonyl (C=O) groups excluding carboxylic acids is 3. The largest absolute Gasteiger partial charge is 0.494 e. The zero-order valence-electron chi connectivity index (χ0n) is 26.2. The number of ether oxygens (including phenoxy) is 3. The van der Waals surface area contributed by atoms with Crippen LogP contribution in [0.4, 0.5) is 14.0 Å². The standard InChI is InChI=1S/C29H45BFNO8/c1-25(2,3)36-22(33)21(32(23(34)37-26(4,5)6)24(35)38-27(7,8)9)16-18-14-15-19(17-20(18)31)30-39-28(10,11)29(12,13)40-30/h14-15,17,21H,16H2,1-13H3. The molecule has 0 N–H and O–H groups in total. The molecule has 1 unspecified atom stereocenters. The SMILES string of the molecule is CC(C)(C)OC(=O)C(Cc1ccc(B2OC(C)(C)C(C)(C)O2)cc1F)N(C(=O)OC(C)(C)C)C(=O)OC(C)(C)C. The third kappa shape index (κ3) is 8.93. The Morgan fingerprint density at radius 3 is 1.62 bits per heavy atom. The number of benzene rings is 1. The third-order valence-corrected chi connectivity index (χ3v) is 6.19. The van der Waals surface area contributed by atoms with Crippen LogP contribution in [0.3, 0.4) is 0 Å². The van der Waals surface area contributed by atoms with E-state index in [1.807, 2.05) is 27.7 Å². The maximum absolute atomic E-state index is 15.5. The number of nitrogens with zero attached hydrogens (tertiary/aromatic N) is 1. The number of rotatable bonds is 5. The lowest BCUT2D eigenvalue weighted by Crippen LogP contribution is -2.54. The van der Waals surface area contributed by atoms with Crippen molar-refractivity contribution in [2.75, 3.05) is 0 Å². The van der Waals surface area contributed by atoms with Crippen molar-refractivity contribution >= 4 is 30.7 Å². The van der Waals surface area contributed by atoms with Crippen molar-refractivity contribution in [3.05, 3.63) is 29.6 Å². The molecule has 9 nitrogen and oxygen atoms in total. The second-order valence-corrected chi connectivity index (χ2v) is 14.0. The van der Waals surface area contributed by atoms with Crippen molar-refractivity contribution < 1.29 is 42.3 Å². The Bertz CT molecular complexity index is 1070. The zero-order chi connectivity index (χ0) is 31.1. The van der Waals surface area contributed by atoms with Gasteiger partial charge in [0.2, 0.25) is 0 Å². The number of halogens is 1. The zero-order valence-corrected chi connectivity index (χ0v) is 26.2. The first-order valence-corrected chi connectivity index (χ1v) is 13.4. The predicted molar refractivity (Wildman–Crippen MR) is 150 cm³/mol. The molecule has 0 saturated carbocycles. The Hall–Kier alpha value is -2.66. The summed E-state index contributed by atoms with van der Waals surface area (Å²) in [4.78, 5) is 40.6. The molecular formula is C29H45BFNO8. The van der Waals surface area contributed by atoms with Gasteiger partial charge in [0.25, 0.3) is 0 Å². The highest BCUT2D eigenvalue weighted by Gasteiger charge is 2.52. The van der Waals surface area contributed by atoms with E-state index in [0.717, 1.165) is 0 Å². The highest BCUT2D eigenvalue weighted by Crippen LogP contribution is 2.36. The number of esters is 1. The summed E-state index contributed by atoms with van der Waals surface area (Å²) in [5.41, 5.74) is -3.66. The molecule has 0 aliphatic carbocycles. The van der Waals surface area contributed by atoms with Gasteiger partial charge in [0, 0.05) is 6.42 Å². The van der Waals surface area contributed by atoms with Crippen LogP contribution < -0.4 is 5.46 Å². The van der Waals surface area contributed by atoms with Crippen LogP contribution in [0.2, 0.25) is 0 Å². The molecule has 1 aliphatic rings. The van der Waals surface area contributed by atoms with Crippen LogP contribution in [-0.2, 0) is 34.7 Å². The quantitative estimate of drug-likeness (QED) is 0.260. The smallest absolute Gasteiger partial charge is 0.458 e. The Labute approximate surface area is 238 Å². The minimum atomic E-state index is -1.58. The molecule has 0 radical (unpaired) electrons. The Kier molecular flexibility index (Phi) is 9.49. The molecule has 1 aromatic rings. The van der Waals surface area contributed by atoms with Gasteiger partial charge >= 0.3 is 25.3 Å². The number of hydrogen-bond acceptors (Lipinski definition) is 8. The third-order valence-electron chi connectivity index (χ3n) is 6.19. The summed E-state index contributed by atoms with van der Waals surface area (Å²) in [5.74, 6) is -1.59. The first kappa shape index (κ1) is 33.6.